The van der Waals surface area contributed by atoms with Gasteiger partial charge in [-0.25, -0.2) is 0 Å². The zero-order valence-electron chi connectivity index (χ0n) is 15.4. The van der Waals surface area contributed by atoms with Crippen LogP contribution in [0.25, 0.3) is 0 Å². The molecule has 0 spiro atoms. The van der Waals surface area contributed by atoms with Crippen molar-refractivity contribution in [2.24, 2.45) is 0 Å². The van der Waals surface area contributed by atoms with Gasteiger partial charge in [0.05, 0.1) is 7.11 Å². The van der Waals surface area contributed by atoms with Crippen LogP contribution in [0.15, 0.2) is 54.6 Å². The first-order chi connectivity index (χ1) is 12.7. The number of benzene rings is 2. The zero-order valence-corrected chi connectivity index (χ0v) is 15.4. The van der Waals surface area contributed by atoms with Crippen molar-refractivity contribution < 1.29 is 14.3 Å². The van der Waals surface area contributed by atoms with E-state index < -0.39 is 6.10 Å². The van der Waals surface area contributed by atoms with Crippen LogP contribution in [0.2, 0.25) is 0 Å². The normalized spacial score (nSPS) is 15.5. The maximum Gasteiger partial charge on any atom is 0.263 e. The van der Waals surface area contributed by atoms with Crippen LogP contribution in [0.5, 0.6) is 11.5 Å². The number of para-hydroxylation sites is 3. The number of rotatable bonds is 6. The molecule has 0 bridgehead atoms. The Morgan fingerprint density at radius 1 is 0.962 bits per heavy atom. The Balaban J connectivity index is 1.61. The molecular weight excluding hydrogens is 328 g/mol. The summed E-state index contributed by atoms with van der Waals surface area (Å²) in [5, 5.41) is 0. The summed E-state index contributed by atoms with van der Waals surface area (Å²) in [6.07, 6.45) is 0.130. The van der Waals surface area contributed by atoms with Gasteiger partial charge in [0.15, 0.2) is 17.6 Å². The fourth-order valence-electron chi connectivity index (χ4n) is 3.21. The maximum atomic E-state index is 12.9. The van der Waals surface area contributed by atoms with E-state index >= 15 is 0 Å². The molecule has 0 aliphatic carbocycles. The Bertz CT molecular complexity index is 712. The highest BCUT2D eigenvalue weighted by Crippen LogP contribution is 2.28. The molecule has 1 aliphatic rings. The predicted molar refractivity (Wildman–Crippen MR) is 103 cm³/mol. The van der Waals surface area contributed by atoms with Crippen molar-refractivity contribution in [3.05, 3.63) is 54.6 Å². The van der Waals surface area contributed by atoms with E-state index in [-0.39, 0.29) is 5.91 Å². The molecule has 1 saturated heterocycles. The van der Waals surface area contributed by atoms with Crippen molar-refractivity contribution in [2.45, 2.75) is 19.4 Å². The van der Waals surface area contributed by atoms with Gasteiger partial charge in [-0.3, -0.25) is 4.79 Å². The number of hydrogen-bond acceptors (Lipinski definition) is 4. The molecule has 2 aromatic carbocycles. The van der Waals surface area contributed by atoms with E-state index in [1.165, 1.54) is 5.69 Å². The number of amides is 1. The van der Waals surface area contributed by atoms with Crippen molar-refractivity contribution in [1.29, 1.82) is 0 Å². The van der Waals surface area contributed by atoms with Gasteiger partial charge >= 0.3 is 0 Å². The summed E-state index contributed by atoms with van der Waals surface area (Å²) < 4.78 is 11.3. The van der Waals surface area contributed by atoms with Gasteiger partial charge in [-0.15, -0.1) is 0 Å². The van der Waals surface area contributed by atoms with Crippen LogP contribution in [-0.4, -0.2) is 50.2 Å². The third kappa shape index (κ3) is 4.10. The number of methoxy groups -OCH3 is 1. The lowest BCUT2D eigenvalue weighted by Crippen LogP contribution is -2.52. The first-order valence-corrected chi connectivity index (χ1v) is 9.11. The lowest BCUT2D eigenvalue weighted by atomic mass is 10.2. The Labute approximate surface area is 155 Å². The van der Waals surface area contributed by atoms with E-state index in [9.17, 15) is 4.79 Å². The van der Waals surface area contributed by atoms with Crippen LogP contribution in [0, 0.1) is 0 Å². The Hall–Kier alpha value is -2.69. The van der Waals surface area contributed by atoms with Crippen molar-refractivity contribution in [3.8, 4) is 11.5 Å². The third-order valence-electron chi connectivity index (χ3n) is 4.70. The number of anilines is 1. The molecule has 5 nitrogen and oxygen atoms in total. The van der Waals surface area contributed by atoms with Gasteiger partial charge in [0.25, 0.3) is 5.91 Å². The van der Waals surface area contributed by atoms with Crippen LogP contribution >= 0.6 is 0 Å². The highest BCUT2D eigenvalue weighted by Gasteiger charge is 2.28. The summed E-state index contributed by atoms with van der Waals surface area (Å²) in [6, 6.07) is 17.8. The minimum absolute atomic E-state index is 0.0473. The summed E-state index contributed by atoms with van der Waals surface area (Å²) in [7, 11) is 1.60. The van der Waals surface area contributed by atoms with Crippen molar-refractivity contribution in [1.82, 2.24) is 4.90 Å². The molecule has 0 radical (unpaired) electrons. The molecule has 1 unspecified atom stereocenters. The predicted octanol–water partition coefficient (Wildman–Crippen LogP) is 3.20. The number of piperazine rings is 1. The van der Waals surface area contributed by atoms with Crippen LogP contribution in [-0.2, 0) is 4.79 Å². The van der Waals surface area contributed by atoms with Crippen LogP contribution < -0.4 is 14.4 Å². The molecule has 2 aromatic rings. The van der Waals surface area contributed by atoms with Crippen molar-refractivity contribution >= 4 is 11.6 Å². The summed E-state index contributed by atoms with van der Waals surface area (Å²) in [6.45, 7) is 5.05. The lowest BCUT2D eigenvalue weighted by molar-refractivity contribution is -0.139. The molecule has 1 amide bonds. The van der Waals surface area contributed by atoms with Gasteiger partial charge in [0, 0.05) is 31.9 Å². The van der Waals surface area contributed by atoms with Crippen LogP contribution in [0.1, 0.15) is 13.3 Å². The first kappa shape index (κ1) is 18.1. The fraction of sp³-hybridized carbons (Fsp3) is 0.381. The molecular formula is C21H26N2O3. The number of hydrogen-bond donors (Lipinski definition) is 0. The smallest absolute Gasteiger partial charge is 0.263 e. The van der Waals surface area contributed by atoms with Crippen molar-refractivity contribution in [3.63, 3.8) is 0 Å². The summed E-state index contributed by atoms with van der Waals surface area (Å²) in [5.74, 6) is 1.30. The number of nitrogens with zero attached hydrogens (tertiary/aromatic N) is 2. The second-order valence-electron chi connectivity index (χ2n) is 6.31. The summed E-state index contributed by atoms with van der Waals surface area (Å²) in [5.41, 5.74) is 1.21. The van der Waals surface area contributed by atoms with Gasteiger partial charge in [-0.05, 0) is 30.7 Å². The van der Waals surface area contributed by atoms with Gasteiger partial charge in [0.2, 0.25) is 0 Å². The van der Waals surface area contributed by atoms with E-state index in [1.807, 2.05) is 54.3 Å². The molecule has 1 aliphatic heterocycles. The van der Waals surface area contributed by atoms with Crippen molar-refractivity contribution in [2.75, 3.05) is 38.2 Å². The van der Waals surface area contributed by atoms with Gasteiger partial charge in [0.1, 0.15) is 0 Å². The minimum atomic E-state index is -0.491. The number of ether oxygens (including phenoxy) is 2. The summed E-state index contributed by atoms with van der Waals surface area (Å²) in [4.78, 5) is 17.1. The van der Waals surface area contributed by atoms with E-state index in [2.05, 4.69) is 17.0 Å². The summed E-state index contributed by atoms with van der Waals surface area (Å²) >= 11 is 0. The molecule has 26 heavy (non-hydrogen) atoms. The largest absolute Gasteiger partial charge is 0.493 e. The Kier molecular flexibility index (Phi) is 6.00. The zero-order chi connectivity index (χ0) is 18.4. The molecule has 3 rings (SSSR count). The topological polar surface area (TPSA) is 42.0 Å². The van der Waals surface area contributed by atoms with Crippen LogP contribution in [0.3, 0.4) is 0 Å². The highest BCUT2D eigenvalue weighted by atomic mass is 16.5. The molecule has 0 N–H and O–H groups in total. The van der Waals surface area contributed by atoms with Crippen LogP contribution in [0.4, 0.5) is 5.69 Å². The first-order valence-electron chi connectivity index (χ1n) is 9.11. The fourth-order valence-corrected chi connectivity index (χ4v) is 3.21. The standard InChI is InChI=1S/C21H26N2O3/c1-3-18(26-20-12-8-7-11-19(20)25-2)21(24)23-15-13-22(14-16-23)17-9-5-4-6-10-17/h4-12,18H,3,13-16H2,1-2H3. The minimum Gasteiger partial charge on any atom is -0.493 e. The molecule has 0 saturated carbocycles. The number of carbonyl (C=O) groups excluding carboxylic acids is 1. The average molecular weight is 354 g/mol. The molecule has 0 aromatic heterocycles. The second kappa shape index (κ2) is 8.61. The monoisotopic (exact) mass is 354 g/mol. The Morgan fingerprint density at radius 3 is 2.19 bits per heavy atom. The Morgan fingerprint density at radius 2 is 1.58 bits per heavy atom. The average Bonchev–Trinajstić information content (AvgIpc) is 2.72. The third-order valence-corrected chi connectivity index (χ3v) is 4.70. The van der Waals surface area contributed by atoms with Gasteiger partial charge in [-0.1, -0.05) is 37.3 Å². The van der Waals surface area contributed by atoms with Gasteiger partial charge in [-0.2, -0.15) is 0 Å². The maximum absolute atomic E-state index is 12.9. The molecule has 5 heteroatoms. The molecule has 138 valence electrons. The van der Waals surface area contributed by atoms with E-state index in [0.29, 0.717) is 31.0 Å². The molecule has 1 fully saturated rings. The second-order valence-corrected chi connectivity index (χ2v) is 6.31. The van der Waals surface area contributed by atoms with E-state index in [0.717, 1.165) is 13.1 Å². The van der Waals surface area contributed by atoms with Gasteiger partial charge < -0.3 is 19.3 Å². The molecule has 1 heterocycles. The van der Waals surface area contributed by atoms with E-state index in [1.54, 1.807) is 7.11 Å². The number of carbonyl (C=O) groups is 1. The molecule has 1 atom stereocenters. The van der Waals surface area contributed by atoms with E-state index in [4.69, 9.17) is 9.47 Å². The lowest BCUT2D eigenvalue weighted by Gasteiger charge is -2.37. The highest BCUT2D eigenvalue weighted by molar-refractivity contribution is 5.81. The SMILES string of the molecule is CCC(Oc1ccccc1OC)C(=O)N1CCN(c2ccccc2)CC1. The quantitative estimate of drug-likeness (QED) is 0.799.